The molecule has 2 atom stereocenters. The van der Waals surface area contributed by atoms with Crippen molar-refractivity contribution < 1.29 is 9.26 Å². The van der Waals surface area contributed by atoms with Gasteiger partial charge in [-0.1, -0.05) is 25.4 Å². The maximum Gasteiger partial charge on any atom is 0.246 e. The monoisotopic (exact) mass is 227 g/mol. The number of hydrogen-bond donors (Lipinski definition) is 1. The predicted octanol–water partition coefficient (Wildman–Crippen LogP) is 2.14. The Labute approximate surface area is 96.4 Å². The molecule has 92 valence electrons. The first-order valence-corrected chi connectivity index (χ1v) is 5.70. The van der Waals surface area contributed by atoms with Crippen molar-refractivity contribution in [2.45, 2.75) is 51.7 Å². The molecule has 0 amide bonds. The number of aromatic nitrogens is 2. The molecule has 0 saturated carbocycles. The Morgan fingerprint density at radius 1 is 1.50 bits per heavy atom. The van der Waals surface area contributed by atoms with Gasteiger partial charge in [0, 0.05) is 7.11 Å². The summed E-state index contributed by atoms with van der Waals surface area (Å²) in [5, 5.41) is 3.93. The molecule has 1 rings (SSSR count). The normalized spacial score (nSPS) is 17.1. The van der Waals surface area contributed by atoms with Gasteiger partial charge in [-0.15, -0.1) is 0 Å². The van der Waals surface area contributed by atoms with Crippen molar-refractivity contribution in [1.29, 1.82) is 0 Å². The Morgan fingerprint density at radius 2 is 2.19 bits per heavy atom. The second-order valence-corrected chi connectivity index (χ2v) is 4.24. The standard InChI is InChI=1S/C11H21N3O2/c1-5-7-8(15-4)9-13-10(16-14-9)11(3,12)6-2/h8H,5-7,12H2,1-4H3. The van der Waals surface area contributed by atoms with Crippen LogP contribution in [0.25, 0.3) is 0 Å². The molecular formula is C11H21N3O2. The van der Waals surface area contributed by atoms with Gasteiger partial charge in [-0.25, -0.2) is 0 Å². The molecule has 0 aliphatic rings. The molecule has 2 N–H and O–H groups in total. The minimum absolute atomic E-state index is 0.102. The van der Waals surface area contributed by atoms with Crippen LogP contribution in [0.4, 0.5) is 0 Å². The average Bonchev–Trinajstić information content (AvgIpc) is 2.75. The summed E-state index contributed by atoms with van der Waals surface area (Å²) in [6, 6.07) is 0. The predicted molar refractivity (Wildman–Crippen MR) is 60.8 cm³/mol. The van der Waals surface area contributed by atoms with Crippen LogP contribution in [0.3, 0.4) is 0 Å². The average molecular weight is 227 g/mol. The zero-order valence-electron chi connectivity index (χ0n) is 10.5. The van der Waals surface area contributed by atoms with Gasteiger partial charge < -0.3 is 15.0 Å². The van der Waals surface area contributed by atoms with Gasteiger partial charge in [0.2, 0.25) is 11.7 Å². The molecule has 1 heterocycles. The quantitative estimate of drug-likeness (QED) is 0.805. The van der Waals surface area contributed by atoms with Gasteiger partial charge in [0.25, 0.3) is 0 Å². The number of methoxy groups -OCH3 is 1. The fourth-order valence-electron chi connectivity index (χ4n) is 1.36. The molecule has 0 bridgehead atoms. The lowest BCUT2D eigenvalue weighted by molar-refractivity contribution is 0.0854. The molecular weight excluding hydrogens is 206 g/mol. The van der Waals surface area contributed by atoms with E-state index in [1.54, 1.807) is 7.11 Å². The number of nitrogens with zero attached hydrogens (tertiary/aromatic N) is 2. The first kappa shape index (κ1) is 13.1. The Morgan fingerprint density at radius 3 is 2.69 bits per heavy atom. The molecule has 0 fully saturated rings. The molecule has 1 aromatic heterocycles. The number of ether oxygens (including phenoxy) is 1. The third-order valence-corrected chi connectivity index (χ3v) is 2.79. The maximum absolute atomic E-state index is 6.03. The summed E-state index contributed by atoms with van der Waals surface area (Å²) in [5.41, 5.74) is 5.47. The molecule has 16 heavy (non-hydrogen) atoms. The van der Waals surface area contributed by atoms with E-state index in [2.05, 4.69) is 17.1 Å². The van der Waals surface area contributed by atoms with E-state index in [4.69, 9.17) is 15.0 Å². The SMILES string of the molecule is CCCC(OC)c1noc(C(C)(N)CC)n1. The fourth-order valence-corrected chi connectivity index (χ4v) is 1.36. The molecule has 0 spiro atoms. The fraction of sp³-hybridized carbons (Fsp3) is 0.818. The summed E-state index contributed by atoms with van der Waals surface area (Å²) >= 11 is 0. The van der Waals surface area contributed by atoms with E-state index in [0.29, 0.717) is 11.7 Å². The van der Waals surface area contributed by atoms with E-state index in [-0.39, 0.29) is 6.10 Å². The molecule has 5 nitrogen and oxygen atoms in total. The minimum atomic E-state index is -0.560. The van der Waals surface area contributed by atoms with Crippen LogP contribution in [0.5, 0.6) is 0 Å². The molecule has 0 aliphatic carbocycles. The van der Waals surface area contributed by atoms with Crippen molar-refractivity contribution in [2.75, 3.05) is 7.11 Å². The Bertz CT molecular complexity index is 323. The summed E-state index contributed by atoms with van der Waals surface area (Å²) in [7, 11) is 1.65. The van der Waals surface area contributed by atoms with Gasteiger partial charge in [0.05, 0.1) is 5.54 Å². The van der Waals surface area contributed by atoms with Crippen molar-refractivity contribution in [1.82, 2.24) is 10.1 Å². The van der Waals surface area contributed by atoms with Gasteiger partial charge >= 0.3 is 0 Å². The number of hydrogen-bond acceptors (Lipinski definition) is 5. The summed E-state index contributed by atoms with van der Waals surface area (Å²) in [6.45, 7) is 5.96. The van der Waals surface area contributed by atoms with Crippen LogP contribution in [-0.4, -0.2) is 17.3 Å². The van der Waals surface area contributed by atoms with Crippen LogP contribution in [-0.2, 0) is 10.3 Å². The molecule has 0 saturated heterocycles. The van der Waals surface area contributed by atoms with Gasteiger partial charge in [0.1, 0.15) is 6.10 Å². The zero-order valence-corrected chi connectivity index (χ0v) is 10.5. The van der Waals surface area contributed by atoms with Gasteiger partial charge in [-0.05, 0) is 19.8 Å². The van der Waals surface area contributed by atoms with Crippen molar-refractivity contribution in [3.8, 4) is 0 Å². The third kappa shape index (κ3) is 2.80. The van der Waals surface area contributed by atoms with Crippen molar-refractivity contribution in [3.63, 3.8) is 0 Å². The summed E-state index contributed by atoms with van der Waals surface area (Å²) in [6.07, 6.45) is 2.54. The highest BCUT2D eigenvalue weighted by molar-refractivity contribution is 5.01. The highest BCUT2D eigenvalue weighted by Crippen LogP contribution is 2.24. The molecule has 0 aromatic carbocycles. The molecule has 5 heteroatoms. The van der Waals surface area contributed by atoms with E-state index in [1.807, 2.05) is 13.8 Å². The maximum atomic E-state index is 6.03. The first-order valence-electron chi connectivity index (χ1n) is 5.70. The third-order valence-electron chi connectivity index (χ3n) is 2.79. The lowest BCUT2D eigenvalue weighted by Crippen LogP contribution is -2.32. The molecule has 2 unspecified atom stereocenters. The Hall–Kier alpha value is -0.940. The Balaban J connectivity index is 2.85. The topological polar surface area (TPSA) is 74.2 Å². The molecule has 0 aliphatic heterocycles. The summed E-state index contributed by atoms with van der Waals surface area (Å²) < 4.78 is 10.5. The highest BCUT2D eigenvalue weighted by Gasteiger charge is 2.27. The van der Waals surface area contributed by atoms with Gasteiger partial charge in [0.15, 0.2) is 0 Å². The first-order chi connectivity index (χ1) is 7.55. The van der Waals surface area contributed by atoms with E-state index >= 15 is 0 Å². The molecule has 0 radical (unpaired) electrons. The zero-order chi connectivity index (χ0) is 12.2. The van der Waals surface area contributed by atoms with Crippen LogP contribution in [0.1, 0.15) is 57.9 Å². The number of nitrogens with two attached hydrogens (primary N) is 1. The smallest absolute Gasteiger partial charge is 0.246 e. The van der Waals surface area contributed by atoms with Gasteiger partial charge in [-0.3, -0.25) is 0 Å². The van der Waals surface area contributed by atoms with Crippen LogP contribution in [0, 0.1) is 0 Å². The lowest BCUT2D eigenvalue weighted by atomic mass is 10.0. The lowest BCUT2D eigenvalue weighted by Gasteiger charge is -2.16. The van der Waals surface area contributed by atoms with Crippen molar-refractivity contribution >= 4 is 0 Å². The number of rotatable bonds is 6. The van der Waals surface area contributed by atoms with E-state index in [0.717, 1.165) is 19.3 Å². The second kappa shape index (κ2) is 5.41. The van der Waals surface area contributed by atoms with Crippen LogP contribution in [0.15, 0.2) is 4.52 Å². The van der Waals surface area contributed by atoms with Crippen molar-refractivity contribution in [3.05, 3.63) is 11.7 Å². The molecule has 1 aromatic rings. The highest BCUT2D eigenvalue weighted by atomic mass is 16.5. The second-order valence-electron chi connectivity index (χ2n) is 4.24. The van der Waals surface area contributed by atoms with E-state index < -0.39 is 5.54 Å². The van der Waals surface area contributed by atoms with Crippen molar-refractivity contribution in [2.24, 2.45) is 5.73 Å². The van der Waals surface area contributed by atoms with E-state index in [1.165, 1.54) is 0 Å². The van der Waals surface area contributed by atoms with Crippen LogP contribution >= 0.6 is 0 Å². The largest absolute Gasteiger partial charge is 0.373 e. The summed E-state index contributed by atoms with van der Waals surface area (Å²) in [4.78, 5) is 4.31. The minimum Gasteiger partial charge on any atom is -0.373 e. The van der Waals surface area contributed by atoms with Crippen LogP contribution < -0.4 is 5.73 Å². The van der Waals surface area contributed by atoms with Gasteiger partial charge in [-0.2, -0.15) is 4.98 Å². The Kier molecular flexibility index (Phi) is 4.44. The van der Waals surface area contributed by atoms with E-state index in [9.17, 15) is 0 Å². The van der Waals surface area contributed by atoms with Crippen LogP contribution in [0.2, 0.25) is 0 Å². The summed E-state index contributed by atoms with van der Waals surface area (Å²) in [5.74, 6) is 1.06.